The van der Waals surface area contributed by atoms with E-state index in [9.17, 15) is 13.2 Å². The van der Waals surface area contributed by atoms with Crippen LogP contribution in [0.4, 0.5) is 5.13 Å². The number of benzene rings is 1. The smallest absolute Gasteiger partial charge is 0.276 e. The topological polar surface area (TPSA) is 103 Å². The molecule has 1 aliphatic heterocycles. The van der Waals surface area contributed by atoms with Gasteiger partial charge in [-0.05, 0) is 24.3 Å². The van der Waals surface area contributed by atoms with Gasteiger partial charge in [0.2, 0.25) is 15.0 Å². The first-order valence-corrected chi connectivity index (χ1v) is 10.2. The Balaban J connectivity index is 1.83. The molecule has 0 spiro atoms. The molecule has 4 rings (SSSR count). The van der Waals surface area contributed by atoms with Gasteiger partial charge in [0.25, 0.3) is 5.91 Å². The van der Waals surface area contributed by atoms with Gasteiger partial charge in [-0.3, -0.25) is 10.1 Å². The van der Waals surface area contributed by atoms with Crippen LogP contribution in [0.3, 0.4) is 0 Å². The van der Waals surface area contributed by atoms with Crippen molar-refractivity contribution >= 4 is 32.2 Å². The molecule has 134 valence electrons. The largest absolute Gasteiger partial charge is 0.497 e. The van der Waals surface area contributed by atoms with Crippen molar-refractivity contribution in [1.29, 1.82) is 0 Å². The highest BCUT2D eigenvalue weighted by atomic mass is 32.2. The number of methoxy groups -OCH3 is 1. The molecule has 1 aliphatic rings. The van der Waals surface area contributed by atoms with Crippen LogP contribution >= 0.6 is 11.3 Å². The molecule has 26 heavy (non-hydrogen) atoms. The van der Waals surface area contributed by atoms with Crippen LogP contribution in [-0.2, 0) is 16.4 Å². The molecule has 1 aromatic carbocycles. The van der Waals surface area contributed by atoms with Gasteiger partial charge in [-0.1, -0.05) is 0 Å². The van der Waals surface area contributed by atoms with Crippen molar-refractivity contribution in [3.8, 4) is 17.0 Å². The predicted octanol–water partition coefficient (Wildman–Crippen LogP) is 2.05. The zero-order valence-corrected chi connectivity index (χ0v) is 15.3. The SMILES string of the molecule is COc1ccc(-c2nc3n(c2C(=O)Nc2nccs2)CCS3(=O)=O)cc1. The second-order valence-electron chi connectivity index (χ2n) is 5.58. The number of sulfone groups is 1. The van der Waals surface area contributed by atoms with E-state index in [1.165, 1.54) is 15.9 Å². The maximum absolute atomic E-state index is 12.8. The molecule has 0 saturated carbocycles. The number of ether oxygens (including phenoxy) is 1. The Kier molecular flexibility index (Phi) is 4.00. The number of hydrogen-bond acceptors (Lipinski definition) is 7. The number of imidazole rings is 1. The number of fused-ring (bicyclic) bond motifs is 1. The normalized spacial score (nSPS) is 14.8. The standard InChI is InChI=1S/C16H14N4O4S2/c1-24-11-4-2-10(3-5-11)12-13(14(21)19-15-17-6-8-25-15)20-7-9-26(22,23)16(20)18-12/h2-6,8H,7,9H2,1H3,(H,17,19,21). The van der Waals surface area contributed by atoms with Crippen LogP contribution in [0.5, 0.6) is 5.75 Å². The molecule has 0 fully saturated rings. The number of carbonyl (C=O) groups is 1. The van der Waals surface area contributed by atoms with Crippen LogP contribution in [-0.4, -0.2) is 41.7 Å². The number of nitrogens with zero attached hydrogens (tertiary/aromatic N) is 3. The Hall–Kier alpha value is -2.72. The van der Waals surface area contributed by atoms with E-state index in [1.54, 1.807) is 43.0 Å². The zero-order chi connectivity index (χ0) is 18.3. The third kappa shape index (κ3) is 2.76. The zero-order valence-electron chi connectivity index (χ0n) is 13.7. The second kappa shape index (κ2) is 6.22. The quantitative estimate of drug-likeness (QED) is 0.731. The van der Waals surface area contributed by atoms with Gasteiger partial charge < -0.3 is 9.30 Å². The van der Waals surface area contributed by atoms with E-state index in [0.29, 0.717) is 22.1 Å². The Morgan fingerprint density at radius 3 is 2.73 bits per heavy atom. The van der Waals surface area contributed by atoms with Gasteiger partial charge >= 0.3 is 0 Å². The minimum absolute atomic E-state index is 0.0598. The van der Waals surface area contributed by atoms with Crippen molar-refractivity contribution in [2.75, 3.05) is 18.2 Å². The predicted molar refractivity (Wildman–Crippen MR) is 96.3 cm³/mol. The number of rotatable bonds is 4. The Morgan fingerprint density at radius 2 is 2.08 bits per heavy atom. The Morgan fingerprint density at radius 1 is 1.31 bits per heavy atom. The number of thiazole rings is 1. The van der Waals surface area contributed by atoms with E-state index in [0.717, 1.165) is 0 Å². The third-order valence-electron chi connectivity index (χ3n) is 4.03. The summed E-state index contributed by atoms with van der Waals surface area (Å²) in [4.78, 5) is 21.1. The molecule has 0 atom stereocenters. The Bertz CT molecular complexity index is 1070. The third-order valence-corrected chi connectivity index (χ3v) is 6.30. The van der Waals surface area contributed by atoms with Crippen LogP contribution in [0.15, 0.2) is 41.0 Å². The fraction of sp³-hybridized carbons (Fsp3) is 0.188. The van der Waals surface area contributed by atoms with E-state index < -0.39 is 15.7 Å². The number of aromatic nitrogens is 3. The molecule has 2 aromatic heterocycles. The summed E-state index contributed by atoms with van der Waals surface area (Å²) >= 11 is 1.28. The fourth-order valence-electron chi connectivity index (χ4n) is 2.80. The minimum atomic E-state index is -3.49. The van der Waals surface area contributed by atoms with E-state index in [2.05, 4.69) is 15.3 Å². The Labute approximate surface area is 153 Å². The summed E-state index contributed by atoms with van der Waals surface area (Å²) in [5.74, 6) is 0.152. The van der Waals surface area contributed by atoms with Crippen LogP contribution in [0.1, 0.15) is 10.5 Å². The molecular weight excluding hydrogens is 376 g/mol. The van der Waals surface area contributed by atoms with Gasteiger partial charge in [0.1, 0.15) is 17.1 Å². The maximum Gasteiger partial charge on any atom is 0.276 e. The van der Waals surface area contributed by atoms with Crippen LogP contribution in [0.25, 0.3) is 11.3 Å². The van der Waals surface area contributed by atoms with Crippen LogP contribution in [0.2, 0.25) is 0 Å². The molecule has 0 aliphatic carbocycles. The van der Waals surface area contributed by atoms with E-state index in [4.69, 9.17) is 4.74 Å². The van der Waals surface area contributed by atoms with Crippen molar-refractivity contribution < 1.29 is 17.9 Å². The number of anilines is 1. The summed E-state index contributed by atoms with van der Waals surface area (Å²) in [6, 6.07) is 6.95. The second-order valence-corrected chi connectivity index (χ2v) is 8.48. The van der Waals surface area contributed by atoms with Crippen molar-refractivity contribution in [2.45, 2.75) is 11.7 Å². The van der Waals surface area contributed by atoms with E-state index >= 15 is 0 Å². The first kappa shape index (κ1) is 16.7. The lowest BCUT2D eigenvalue weighted by atomic mass is 10.1. The van der Waals surface area contributed by atoms with Gasteiger partial charge in [-0.15, -0.1) is 11.3 Å². The van der Waals surface area contributed by atoms with Crippen LogP contribution < -0.4 is 10.1 Å². The summed E-state index contributed by atoms with van der Waals surface area (Å²) in [6.45, 7) is 0.196. The molecule has 0 radical (unpaired) electrons. The molecule has 0 unspecified atom stereocenters. The lowest BCUT2D eigenvalue weighted by Gasteiger charge is -2.07. The number of carbonyl (C=O) groups excluding carboxylic acids is 1. The maximum atomic E-state index is 12.8. The summed E-state index contributed by atoms with van der Waals surface area (Å²) < 4.78 is 31.1. The lowest BCUT2D eigenvalue weighted by molar-refractivity contribution is 0.101. The molecular formula is C16H14N4O4S2. The molecule has 1 amide bonds. The van der Waals surface area contributed by atoms with Gasteiger partial charge in [0.15, 0.2) is 5.13 Å². The van der Waals surface area contributed by atoms with Crippen molar-refractivity contribution in [1.82, 2.24) is 14.5 Å². The molecule has 3 aromatic rings. The highest BCUT2D eigenvalue weighted by molar-refractivity contribution is 7.91. The van der Waals surface area contributed by atoms with E-state index in [-0.39, 0.29) is 23.1 Å². The molecule has 0 bridgehead atoms. The molecule has 10 heteroatoms. The minimum Gasteiger partial charge on any atom is -0.497 e. The number of hydrogen-bond donors (Lipinski definition) is 1. The first-order valence-electron chi connectivity index (χ1n) is 7.68. The first-order chi connectivity index (χ1) is 12.5. The number of amides is 1. The van der Waals surface area contributed by atoms with Crippen LogP contribution in [0, 0.1) is 0 Å². The summed E-state index contributed by atoms with van der Waals surface area (Å²) in [5.41, 5.74) is 1.16. The molecule has 8 nitrogen and oxygen atoms in total. The molecule has 1 N–H and O–H groups in total. The molecule has 3 heterocycles. The summed E-state index contributed by atoms with van der Waals surface area (Å²) in [5, 5.41) is 4.80. The average Bonchev–Trinajstić information content (AvgIpc) is 3.33. The molecule has 0 saturated heterocycles. The van der Waals surface area contributed by atoms with Crippen molar-refractivity contribution in [2.24, 2.45) is 0 Å². The van der Waals surface area contributed by atoms with Gasteiger partial charge in [-0.25, -0.2) is 18.4 Å². The highest BCUT2D eigenvalue weighted by Gasteiger charge is 2.35. The summed E-state index contributed by atoms with van der Waals surface area (Å²) in [7, 11) is -1.93. The van der Waals surface area contributed by atoms with Gasteiger partial charge in [-0.2, -0.15) is 0 Å². The monoisotopic (exact) mass is 390 g/mol. The average molecular weight is 390 g/mol. The van der Waals surface area contributed by atoms with Gasteiger partial charge in [0.05, 0.1) is 12.9 Å². The van der Waals surface area contributed by atoms with Crippen molar-refractivity contribution in [3.63, 3.8) is 0 Å². The summed E-state index contributed by atoms with van der Waals surface area (Å²) in [6.07, 6.45) is 1.58. The van der Waals surface area contributed by atoms with E-state index in [1.807, 2.05) is 0 Å². The fourth-order valence-corrected chi connectivity index (χ4v) is 4.68. The number of nitrogens with one attached hydrogen (secondary N) is 1. The highest BCUT2D eigenvalue weighted by Crippen LogP contribution is 2.31. The van der Waals surface area contributed by atoms with Gasteiger partial charge in [0, 0.05) is 23.7 Å². The lowest BCUT2D eigenvalue weighted by Crippen LogP contribution is -2.17. The van der Waals surface area contributed by atoms with Crippen molar-refractivity contribution in [3.05, 3.63) is 41.5 Å².